The number of benzene rings is 1. The maximum Gasteiger partial charge on any atom is 0.293 e. The van der Waals surface area contributed by atoms with Crippen LogP contribution in [0.25, 0.3) is 5.78 Å². The topological polar surface area (TPSA) is 63.4 Å². The molecule has 1 aliphatic carbocycles. The van der Waals surface area contributed by atoms with Crippen LogP contribution >= 0.6 is 0 Å². The average Bonchev–Trinajstić information content (AvgIpc) is 3.47. The van der Waals surface area contributed by atoms with Crippen molar-refractivity contribution in [3.63, 3.8) is 0 Å². The summed E-state index contributed by atoms with van der Waals surface area (Å²) < 4.78 is 1.56. The van der Waals surface area contributed by atoms with Gasteiger partial charge in [-0.1, -0.05) is 52.0 Å². The van der Waals surface area contributed by atoms with Gasteiger partial charge in [-0.3, -0.25) is 4.79 Å². The molecular weight excluding hydrogens is 374 g/mol. The zero-order valence-electron chi connectivity index (χ0n) is 18.3. The fraction of sp³-hybridized carbons (Fsp3) is 0.500. The Hall–Kier alpha value is -2.76. The van der Waals surface area contributed by atoms with Crippen LogP contribution in [0.4, 0.5) is 0 Å². The third-order valence-electron chi connectivity index (χ3n) is 6.40. The molecule has 1 amide bonds. The van der Waals surface area contributed by atoms with Gasteiger partial charge in [0.25, 0.3) is 11.7 Å². The fourth-order valence-corrected chi connectivity index (χ4v) is 5.09. The normalized spacial score (nSPS) is 22.8. The van der Waals surface area contributed by atoms with Gasteiger partial charge in [-0.25, -0.2) is 9.50 Å². The summed E-state index contributed by atoms with van der Waals surface area (Å²) in [7, 11) is 0. The monoisotopic (exact) mass is 405 g/mol. The number of fused-ring (bicyclic) bond motifs is 2. The van der Waals surface area contributed by atoms with Crippen LogP contribution in [0, 0.1) is 11.8 Å². The van der Waals surface area contributed by atoms with Gasteiger partial charge in [0.15, 0.2) is 0 Å². The largest absolute Gasteiger partial charge is 0.335 e. The molecule has 6 nitrogen and oxygen atoms in total. The van der Waals surface area contributed by atoms with E-state index in [1.165, 1.54) is 24.0 Å². The molecule has 5 rings (SSSR count). The van der Waals surface area contributed by atoms with Crippen molar-refractivity contribution in [2.75, 3.05) is 13.1 Å². The van der Waals surface area contributed by atoms with Gasteiger partial charge in [-0.05, 0) is 53.7 Å². The molecule has 30 heavy (non-hydrogen) atoms. The fourth-order valence-electron chi connectivity index (χ4n) is 5.09. The van der Waals surface area contributed by atoms with Crippen molar-refractivity contribution < 1.29 is 4.79 Å². The third-order valence-corrected chi connectivity index (χ3v) is 6.40. The Balaban J connectivity index is 0.00000106. The zero-order valence-corrected chi connectivity index (χ0v) is 18.3. The Morgan fingerprint density at radius 2 is 1.77 bits per heavy atom. The molecule has 2 aliphatic rings. The number of rotatable bonds is 3. The van der Waals surface area contributed by atoms with E-state index in [-0.39, 0.29) is 11.7 Å². The number of carbonyl (C=O) groups excluding carboxylic acids is 1. The maximum absolute atomic E-state index is 12.9. The van der Waals surface area contributed by atoms with Crippen LogP contribution in [0.15, 0.2) is 42.7 Å². The number of amides is 1. The Morgan fingerprint density at radius 1 is 1.07 bits per heavy atom. The molecule has 0 radical (unpaired) electrons. The summed E-state index contributed by atoms with van der Waals surface area (Å²) in [6.07, 6.45) is 5.76. The Kier molecular flexibility index (Phi) is 5.84. The molecule has 158 valence electrons. The van der Waals surface area contributed by atoms with Gasteiger partial charge < -0.3 is 4.90 Å². The molecule has 0 spiro atoms. The molecule has 2 fully saturated rings. The summed E-state index contributed by atoms with van der Waals surface area (Å²) in [5, 5.41) is 4.30. The predicted molar refractivity (Wildman–Crippen MR) is 118 cm³/mol. The first-order chi connectivity index (χ1) is 14.6. The molecule has 3 atom stereocenters. The molecule has 2 aromatic heterocycles. The molecule has 1 aromatic carbocycles. The van der Waals surface area contributed by atoms with E-state index in [1.54, 1.807) is 23.0 Å². The minimum atomic E-state index is -0.0703. The van der Waals surface area contributed by atoms with Crippen molar-refractivity contribution in [3.05, 3.63) is 59.7 Å². The average molecular weight is 406 g/mol. The SMILES string of the molecule is CC.CC(C)c1ccccc1C1C[C@@H]2CN(C(=O)c3nc4ncccn4n3)C[C@@H]2C1. The summed E-state index contributed by atoms with van der Waals surface area (Å²) in [6.45, 7) is 10.2. The highest BCUT2D eigenvalue weighted by Crippen LogP contribution is 2.47. The second kappa shape index (κ2) is 8.54. The Bertz CT molecular complexity index is 980. The first-order valence-corrected chi connectivity index (χ1v) is 11.2. The van der Waals surface area contributed by atoms with Gasteiger partial charge in [0.1, 0.15) is 0 Å². The van der Waals surface area contributed by atoms with Gasteiger partial charge in [-0.15, -0.1) is 5.10 Å². The van der Waals surface area contributed by atoms with E-state index in [4.69, 9.17) is 0 Å². The lowest BCUT2D eigenvalue weighted by atomic mass is 9.87. The number of likely N-dealkylation sites (tertiary alicyclic amines) is 1. The van der Waals surface area contributed by atoms with E-state index >= 15 is 0 Å². The Labute approximate surface area is 178 Å². The lowest BCUT2D eigenvalue weighted by Gasteiger charge is -2.21. The summed E-state index contributed by atoms with van der Waals surface area (Å²) in [5.41, 5.74) is 2.99. The first-order valence-electron chi connectivity index (χ1n) is 11.2. The molecule has 6 heteroatoms. The predicted octanol–water partition coefficient (Wildman–Crippen LogP) is 4.54. The highest BCUT2D eigenvalue weighted by molar-refractivity contribution is 5.91. The number of aromatic nitrogens is 4. The van der Waals surface area contributed by atoms with E-state index in [0.29, 0.717) is 29.4 Å². The van der Waals surface area contributed by atoms with Crippen molar-refractivity contribution >= 4 is 11.7 Å². The lowest BCUT2D eigenvalue weighted by molar-refractivity contribution is 0.0768. The number of hydrogen-bond donors (Lipinski definition) is 0. The van der Waals surface area contributed by atoms with E-state index in [2.05, 4.69) is 53.2 Å². The second-order valence-electron chi connectivity index (χ2n) is 8.48. The maximum atomic E-state index is 12.9. The molecule has 0 N–H and O–H groups in total. The van der Waals surface area contributed by atoms with E-state index in [0.717, 1.165) is 13.1 Å². The van der Waals surface area contributed by atoms with Crippen LogP contribution in [0.2, 0.25) is 0 Å². The third kappa shape index (κ3) is 3.71. The second-order valence-corrected chi connectivity index (χ2v) is 8.48. The minimum absolute atomic E-state index is 0.0703. The number of hydrogen-bond acceptors (Lipinski definition) is 4. The summed E-state index contributed by atoms with van der Waals surface area (Å²) in [6, 6.07) is 10.7. The first kappa shape index (κ1) is 20.5. The van der Waals surface area contributed by atoms with Crippen LogP contribution in [0.1, 0.15) is 74.1 Å². The van der Waals surface area contributed by atoms with Gasteiger partial charge >= 0.3 is 0 Å². The molecule has 1 aliphatic heterocycles. The van der Waals surface area contributed by atoms with Crippen LogP contribution in [0.5, 0.6) is 0 Å². The van der Waals surface area contributed by atoms with Crippen molar-refractivity contribution in [1.29, 1.82) is 0 Å². The molecule has 0 bridgehead atoms. The van der Waals surface area contributed by atoms with Gasteiger partial charge in [0.05, 0.1) is 0 Å². The highest BCUT2D eigenvalue weighted by Gasteiger charge is 2.43. The molecule has 3 aromatic rings. The summed E-state index contributed by atoms with van der Waals surface area (Å²) >= 11 is 0. The molecule has 1 unspecified atom stereocenters. The van der Waals surface area contributed by atoms with Crippen LogP contribution in [-0.4, -0.2) is 43.5 Å². The molecule has 1 saturated carbocycles. The van der Waals surface area contributed by atoms with Crippen molar-refractivity contribution in [2.45, 2.75) is 52.4 Å². The standard InChI is InChI=1S/C22H25N5O.C2H6/c1-14(2)18-6-3-4-7-19(18)15-10-16-12-26(13-17(16)11-15)21(28)20-24-22-23-8-5-9-27(22)25-20;1-2/h3-9,14-17H,10-13H2,1-2H3;1-2H3/t15?,16-,17+;. The zero-order chi connectivity index (χ0) is 21.3. The molecular formula is C24H31N5O. The van der Waals surface area contributed by atoms with E-state index < -0.39 is 0 Å². The molecule has 1 saturated heterocycles. The minimum Gasteiger partial charge on any atom is -0.335 e. The molecule has 3 heterocycles. The number of carbonyl (C=O) groups is 1. The van der Waals surface area contributed by atoms with E-state index in [1.807, 2.05) is 18.7 Å². The van der Waals surface area contributed by atoms with Crippen molar-refractivity contribution in [3.8, 4) is 0 Å². The Morgan fingerprint density at radius 3 is 2.43 bits per heavy atom. The van der Waals surface area contributed by atoms with Gasteiger partial charge in [-0.2, -0.15) is 4.98 Å². The van der Waals surface area contributed by atoms with Crippen LogP contribution in [0.3, 0.4) is 0 Å². The highest BCUT2D eigenvalue weighted by atomic mass is 16.2. The van der Waals surface area contributed by atoms with Crippen molar-refractivity contribution in [1.82, 2.24) is 24.5 Å². The van der Waals surface area contributed by atoms with Crippen LogP contribution in [-0.2, 0) is 0 Å². The smallest absolute Gasteiger partial charge is 0.293 e. The number of nitrogens with zero attached hydrogens (tertiary/aromatic N) is 5. The van der Waals surface area contributed by atoms with Crippen molar-refractivity contribution in [2.24, 2.45) is 11.8 Å². The van der Waals surface area contributed by atoms with Gasteiger partial charge in [0.2, 0.25) is 5.82 Å². The van der Waals surface area contributed by atoms with Crippen LogP contribution < -0.4 is 0 Å². The quantitative estimate of drug-likeness (QED) is 0.642. The lowest BCUT2D eigenvalue weighted by Crippen LogP contribution is -2.30. The summed E-state index contributed by atoms with van der Waals surface area (Å²) in [5.74, 6) is 2.96. The van der Waals surface area contributed by atoms with Gasteiger partial charge in [0, 0.05) is 25.5 Å². The summed E-state index contributed by atoms with van der Waals surface area (Å²) in [4.78, 5) is 23.3. The van der Waals surface area contributed by atoms with E-state index in [9.17, 15) is 4.79 Å².